The molecule has 0 aromatic rings. The molecule has 0 aromatic heterocycles. The molecule has 1 rings (SSSR count). The minimum atomic E-state index is -0.755. The van der Waals surface area contributed by atoms with Crippen LogP contribution in [0.15, 0.2) is 0 Å². The zero-order valence-corrected chi connectivity index (χ0v) is 6.63. The molecule has 1 atom stereocenters. The van der Waals surface area contributed by atoms with E-state index in [1.807, 2.05) is 0 Å². The molecule has 60 valence electrons. The molecule has 0 bridgehead atoms. The van der Waals surface area contributed by atoms with Crippen molar-refractivity contribution in [3.63, 3.8) is 0 Å². The Morgan fingerprint density at radius 3 is 2.82 bits per heavy atom. The Morgan fingerprint density at radius 1 is 1.73 bits per heavy atom. The molecule has 1 saturated carbocycles. The molecule has 0 aliphatic heterocycles. The first-order valence-corrected chi connectivity index (χ1v) is 3.91. The van der Waals surface area contributed by atoms with Crippen LogP contribution in [0, 0.1) is 23.7 Å². The third kappa shape index (κ3) is 3.08. The molecule has 0 heterocycles. The molecular weight excluding hydrogens is 140 g/mol. The van der Waals surface area contributed by atoms with E-state index in [0.717, 1.165) is 0 Å². The Labute approximate surface area is 66.6 Å². The monoisotopic (exact) mass is 152 g/mol. The van der Waals surface area contributed by atoms with E-state index in [2.05, 4.69) is 11.8 Å². The van der Waals surface area contributed by atoms with Crippen molar-refractivity contribution in [2.75, 3.05) is 0 Å². The lowest BCUT2D eigenvalue weighted by Gasteiger charge is -1.96. The predicted molar refractivity (Wildman–Crippen MR) is 41.9 cm³/mol. The number of aliphatic carboxylic acids is 1. The van der Waals surface area contributed by atoms with Crippen molar-refractivity contribution < 1.29 is 9.90 Å². The maximum atomic E-state index is 10.3. The Hall–Kier alpha value is -0.970. The molecule has 0 amide bonds. The second-order valence-electron chi connectivity index (χ2n) is 3.04. The number of hydrogen-bond donors (Lipinski definition) is 1. The van der Waals surface area contributed by atoms with Gasteiger partial charge >= 0.3 is 5.97 Å². The summed E-state index contributed by atoms with van der Waals surface area (Å²) in [5.74, 6) is 5.43. The fourth-order valence-corrected chi connectivity index (χ4v) is 0.671. The lowest BCUT2D eigenvalue weighted by Crippen LogP contribution is -2.07. The van der Waals surface area contributed by atoms with Crippen LogP contribution in [-0.2, 0) is 4.79 Å². The molecule has 0 saturated heterocycles. The highest BCUT2D eigenvalue weighted by Crippen LogP contribution is 2.27. The molecule has 1 aliphatic carbocycles. The SMILES string of the molecule is CC(CC#CC1CC1)C(=O)O. The second-order valence-corrected chi connectivity index (χ2v) is 3.04. The molecule has 0 radical (unpaired) electrons. The van der Waals surface area contributed by atoms with Crippen molar-refractivity contribution in [2.24, 2.45) is 11.8 Å². The van der Waals surface area contributed by atoms with E-state index < -0.39 is 5.97 Å². The lowest BCUT2D eigenvalue weighted by atomic mass is 10.1. The fraction of sp³-hybridized carbons (Fsp3) is 0.667. The molecule has 2 heteroatoms. The average Bonchev–Trinajstić information content (AvgIpc) is 2.71. The van der Waals surface area contributed by atoms with Crippen molar-refractivity contribution in [3.05, 3.63) is 0 Å². The van der Waals surface area contributed by atoms with Gasteiger partial charge in [-0.15, -0.1) is 5.92 Å². The van der Waals surface area contributed by atoms with Gasteiger partial charge < -0.3 is 5.11 Å². The second kappa shape index (κ2) is 3.43. The molecule has 2 nitrogen and oxygen atoms in total. The van der Waals surface area contributed by atoms with Gasteiger partial charge in [0.15, 0.2) is 0 Å². The van der Waals surface area contributed by atoms with Crippen molar-refractivity contribution >= 4 is 5.97 Å². The Kier molecular flexibility index (Phi) is 2.53. The van der Waals surface area contributed by atoms with E-state index in [4.69, 9.17) is 5.11 Å². The highest BCUT2D eigenvalue weighted by Gasteiger charge is 2.17. The number of rotatable bonds is 2. The standard InChI is InChI=1S/C9H12O2/c1-7(9(10)11)3-2-4-8-5-6-8/h7-8H,3,5-6H2,1H3,(H,10,11). The Bertz CT molecular complexity index is 205. The lowest BCUT2D eigenvalue weighted by molar-refractivity contribution is -0.140. The van der Waals surface area contributed by atoms with Gasteiger partial charge in [0.05, 0.1) is 5.92 Å². The summed E-state index contributed by atoms with van der Waals surface area (Å²) in [6.07, 6.45) is 2.90. The van der Waals surface area contributed by atoms with Crippen LogP contribution in [0.4, 0.5) is 0 Å². The van der Waals surface area contributed by atoms with Gasteiger partial charge in [-0.2, -0.15) is 0 Å². The van der Waals surface area contributed by atoms with Gasteiger partial charge in [0.2, 0.25) is 0 Å². The molecule has 11 heavy (non-hydrogen) atoms. The van der Waals surface area contributed by atoms with Crippen LogP contribution >= 0.6 is 0 Å². The maximum Gasteiger partial charge on any atom is 0.307 e. The van der Waals surface area contributed by atoms with Crippen LogP contribution in [0.25, 0.3) is 0 Å². The summed E-state index contributed by atoms with van der Waals surface area (Å²) < 4.78 is 0. The summed E-state index contributed by atoms with van der Waals surface area (Å²) in [7, 11) is 0. The van der Waals surface area contributed by atoms with Crippen molar-refractivity contribution in [2.45, 2.75) is 26.2 Å². The first-order valence-electron chi connectivity index (χ1n) is 3.91. The van der Waals surface area contributed by atoms with Crippen LogP contribution in [0.5, 0.6) is 0 Å². The van der Waals surface area contributed by atoms with Gasteiger partial charge in [0, 0.05) is 12.3 Å². The number of hydrogen-bond acceptors (Lipinski definition) is 1. The van der Waals surface area contributed by atoms with E-state index in [-0.39, 0.29) is 5.92 Å². The Balaban J connectivity index is 2.20. The third-order valence-electron chi connectivity index (χ3n) is 1.71. The van der Waals surface area contributed by atoms with Gasteiger partial charge in [-0.1, -0.05) is 12.8 Å². The molecule has 0 aromatic carbocycles. The molecule has 1 aliphatic rings. The highest BCUT2D eigenvalue weighted by atomic mass is 16.4. The number of carbonyl (C=O) groups is 1. The van der Waals surface area contributed by atoms with E-state index in [1.54, 1.807) is 6.92 Å². The quantitative estimate of drug-likeness (QED) is 0.609. The van der Waals surface area contributed by atoms with Crippen LogP contribution in [0.2, 0.25) is 0 Å². The molecule has 1 fully saturated rings. The first kappa shape index (κ1) is 8.13. The molecule has 1 unspecified atom stereocenters. The predicted octanol–water partition coefficient (Wildman–Crippen LogP) is 1.51. The van der Waals surface area contributed by atoms with Gasteiger partial charge in [-0.25, -0.2) is 0 Å². The number of carboxylic acids is 1. The van der Waals surface area contributed by atoms with Gasteiger partial charge in [-0.3, -0.25) is 4.79 Å². The van der Waals surface area contributed by atoms with Crippen LogP contribution < -0.4 is 0 Å². The summed E-state index contributed by atoms with van der Waals surface area (Å²) in [5.41, 5.74) is 0. The highest BCUT2D eigenvalue weighted by molar-refractivity contribution is 5.69. The average molecular weight is 152 g/mol. The molecule has 0 spiro atoms. The van der Waals surface area contributed by atoms with Gasteiger partial charge in [0.1, 0.15) is 0 Å². The first-order chi connectivity index (χ1) is 5.20. The van der Waals surface area contributed by atoms with Gasteiger partial charge in [0.25, 0.3) is 0 Å². The van der Waals surface area contributed by atoms with E-state index in [0.29, 0.717) is 12.3 Å². The summed E-state index contributed by atoms with van der Waals surface area (Å²) in [4.78, 5) is 10.3. The topological polar surface area (TPSA) is 37.3 Å². The summed E-state index contributed by atoms with van der Waals surface area (Å²) in [6, 6.07) is 0. The normalized spacial score (nSPS) is 18.3. The van der Waals surface area contributed by atoms with Crippen molar-refractivity contribution in [3.8, 4) is 11.8 Å². The summed E-state index contributed by atoms with van der Waals surface area (Å²) >= 11 is 0. The van der Waals surface area contributed by atoms with Crippen molar-refractivity contribution in [1.82, 2.24) is 0 Å². The van der Waals surface area contributed by atoms with Crippen LogP contribution in [0.1, 0.15) is 26.2 Å². The zero-order chi connectivity index (χ0) is 8.27. The fourth-order valence-electron chi connectivity index (χ4n) is 0.671. The Morgan fingerprint density at radius 2 is 2.36 bits per heavy atom. The third-order valence-corrected chi connectivity index (χ3v) is 1.71. The molecule has 1 N–H and O–H groups in total. The van der Waals surface area contributed by atoms with E-state index in [1.165, 1.54) is 12.8 Å². The minimum Gasteiger partial charge on any atom is -0.481 e. The largest absolute Gasteiger partial charge is 0.481 e. The number of carboxylic acid groups (broad SMARTS) is 1. The summed E-state index contributed by atoms with van der Waals surface area (Å²) in [5, 5.41) is 8.50. The smallest absolute Gasteiger partial charge is 0.307 e. The van der Waals surface area contributed by atoms with E-state index >= 15 is 0 Å². The van der Waals surface area contributed by atoms with Crippen molar-refractivity contribution in [1.29, 1.82) is 0 Å². The van der Waals surface area contributed by atoms with Gasteiger partial charge in [-0.05, 0) is 12.8 Å². The van der Waals surface area contributed by atoms with Crippen LogP contribution in [0.3, 0.4) is 0 Å². The zero-order valence-electron chi connectivity index (χ0n) is 6.63. The minimum absolute atomic E-state index is 0.318. The summed E-state index contributed by atoms with van der Waals surface area (Å²) in [6.45, 7) is 1.68. The van der Waals surface area contributed by atoms with Crippen LogP contribution in [-0.4, -0.2) is 11.1 Å². The maximum absolute atomic E-state index is 10.3. The van der Waals surface area contributed by atoms with E-state index in [9.17, 15) is 4.79 Å². The molecular formula is C9H12O2.